The van der Waals surface area contributed by atoms with Crippen molar-refractivity contribution in [2.45, 2.75) is 13.5 Å². The molecule has 0 saturated carbocycles. The van der Waals surface area contributed by atoms with Crippen LogP contribution in [0.15, 0.2) is 36.7 Å². The summed E-state index contributed by atoms with van der Waals surface area (Å²) in [7, 11) is 0. The van der Waals surface area contributed by atoms with E-state index in [4.69, 9.17) is 9.84 Å². The van der Waals surface area contributed by atoms with E-state index in [0.717, 1.165) is 6.54 Å². The Hall–Kier alpha value is -2.30. The van der Waals surface area contributed by atoms with Crippen molar-refractivity contribution in [2.24, 2.45) is 0 Å². The van der Waals surface area contributed by atoms with Crippen molar-refractivity contribution in [3.63, 3.8) is 0 Å². The van der Waals surface area contributed by atoms with E-state index in [1.165, 1.54) is 12.1 Å². The number of ether oxygens (including phenoxy) is 1. The summed E-state index contributed by atoms with van der Waals surface area (Å²) in [6.45, 7) is 2.72. The molecule has 0 radical (unpaired) electrons. The van der Waals surface area contributed by atoms with Crippen LogP contribution in [0.3, 0.4) is 0 Å². The number of nitrogens with zero attached hydrogens (tertiary/aromatic N) is 2. The molecule has 0 aliphatic carbocycles. The third-order valence-electron chi connectivity index (χ3n) is 2.31. The molecule has 0 bridgehead atoms. The molecule has 0 amide bonds. The van der Waals surface area contributed by atoms with Crippen LogP contribution in [0.1, 0.15) is 17.3 Å². The molecule has 2 aromatic rings. The van der Waals surface area contributed by atoms with E-state index in [-0.39, 0.29) is 5.56 Å². The lowest BCUT2D eigenvalue weighted by Gasteiger charge is -2.06. The van der Waals surface area contributed by atoms with Crippen molar-refractivity contribution >= 4 is 5.97 Å². The average molecular weight is 232 g/mol. The van der Waals surface area contributed by atoms with Crippen molar-refractivity contribution < 1.29 is 14.6 Å². The van der Waals surface area contributed by atoms with E-state index in [2.05, 4.69) is 4.98 Å². The fourth-order valence-corrected chi connectivity index (χ4v) is 1.44. The second kappa shape index (κ2) is 4.69. The second-order valence-corrected chi connectivity index (χ2v) is 3.43. The van der Waals surface area contributed by atoms with Crippen LogP contribution in [-0.4, -0.2) is 20.6 Å². The van der Waals surface area contributed by atoms with Crippen molar-refractivity contribution in [3.05, 3.63) is 42.2 Å². The van der Waals surface area contributed by atoms with Gasteiger partial charge < -0.3 is 14.4 Å². The Morgan fingerprint density at radius 3 is 3.06 bits per heavy atom. The van der Waals surface area contributed by atoms with E-state index >= 15 is 0 Å². The maximum absolute atomic E-state index is 10.8. The van der Waals surface area contributed by atoms with Crippen LogP contribution < -0.4 is 4.74 Å². The third kappa shape index (κ3) is 2.44. The van der Waals surface area contributed by atoms with Gasteiger partial charge in [0.1, 0.15) is 5.75 Å². The minimum atomic E-state index is -0.978. The molecular weight excluding hydrogens is 220 g/mol. The Labute approximate surface area is 98.3 Å². The molecule has 0 spiro atoms. The molecule has 0 saturated heterocycles. The number of hydrogen-bond acceptors (Lipinski definition) is 3. The molecule has 5 heteroatoms. The molecule has 0 aliphatic rings. The molecule has 5 nitrogen and oxygen atoms in total. The van der Waals surface area contributed by atoms with Crippen LogP contribution in [0, 0.1) is 0 Å². The van der Waals surface area contributed by atoms with Crippen LogP contribution in [-0.2, 0) is 6.54 Å². The van der Waals surface area contributed by atoms with Crippen molar-refractivity contribution in [3.8, 4) is 11.8 Å². The molecular formula is C12H12N2O3. The number of hydrogen-bond donors (Lipinski definition) is 1. The molecule has 88 valence electrons. The fraction of sp³-hybridized carbons (Fsp3) is 0.167. The van der Waals surface area contributed by atoms with Gasteiger partial charge in [-0.15, -0.1) is 0 Å². The van der Waals surface area contributed by atoms with Gasteiger partial charge in [-0.1, -0.05) is 6.07 Å². The SMILES string of the molecule is CCn1ccnc1Oc1cccc(C(=O)O)c1. The highest BCUT2D eigenvalue weighted by Crippen LogP contribution is 2.20. The van der Waals surface area contributed by atoms with E-state index in [1.807, 2.05) is 11.5 Å². The first kappa shape index (κ1) is 11.2. The van der Waals surface area contributed by atoms with Crippen molar-refractivity contribution in [1.82, 2.24) is 9.55 Å². The first-order chi connectivity index (χ1) is 8.20. The first-order valence-corrected chi connectivity index (χ1v) is 5.23. The fourth-order valence-electron chi connectivity index (χ4n) is 1.44. The summed E-state index contributed by atoms with van der Waals surface area (Å²) in [4.78, 5) is 14.9. The zero-order chi connectivity index (χ0) is 12.3. The highest BCUT2D eigenvalue weighted by atomic mass is 16.5. The summed E-state index contributed by atoms with van der Waals surface area (Å²) < 4.78 is 7.35. The zero-order valence-electron chi connectivity index (χ0n) is 9.33. The van der Waals surface area contributed by atoms with Gasteiger partial charge in [0.25, 0.3) is 0 Å². The maximum Gasteiger partial charge on any atom is 0.335 e. The first-order valence-electron chi connectivity index (χ1n) is 5.23. The van der Waals surface area contributed by atoms with Gasteiger partial charge in [-0.25, -0.2) is 9.78 Å². The largest absolute Gasteiger partial charge is 0.478 e. The Kier molecular flexibility index (Phi) is 3.09. The van der Waals surface area contributed by atoms with Crippen LogP contribution in [0.5, 0.6) is 11.8 Å². The predicted molar refractivity (Wildman–Crippen MR) is 61.4 cm³/mol. The normalized spacial score (nSPS) is 10.2. The van der Waals surface area contributed by atoms with Crippen LogP contribution >= 0.6 is 0 Å². The zero-order valence-corrected chi connectivity index (χ0v) is 9.33. The minimum Gasteiger partial charge on any atom is -0.478 e. The van der Waals surface area contributed by atoms with Gasteiger partial charge in [0.2, 0.25) is 0 Å². The molecule has 1 aromatic heterocycles. The lowest BCUT2D eigenvalue weighted by atomic mass is 10.2. The predicted octanol–water partition coefficient (Wildman–Crippen LogP) is 2.39. The summed E-state index contributed by atoms with van der Waals surface area (Å²) >= 11 is 0. The lowest BCUT2D eigenvalue weighted by molar-refractivity contribution is 0.0696. The Morgan fingerprint density at radius 2 is 2.35 bits per heavy atom. The summed E-state index contributed by atoms with van der Waals surface area (Å²) in [6.07, 6.45) is 3.44. The Balaban J connectivity index is 2.24. The molecule has 1 aromatic carbocycles. The standard InChI is InChI=1S/C12H12N2O3/c1-2-14-7-6-13-12(14)17-10-5-3-4-9(8-10)11(15)16/h3-8H,2H2,1H3,(H,15,16). The van der Waals surface area contributed by atoms with Gasteiger partial charge in [0.15, 0.2) is 0 Å². The topological polar surface area (TPSA) is 64.4 Å². The van der Waals surface area contributed by atoms with Crippen molar-refractivity contribution in [2.75, 3.05) is 0 Å². The van der Waals surface area contributed by atoms with Crippen LogP contribution in [0.4, 0.5) is 0 Å². The molecule has 1 N–H and O–H groups in total. The van der Waals surface area contributed by atoms with E-state index < -0.39 is 5.97 Å². The van der Waals surface area contributed by atoms with Gasteiger partial charge >= 0.3 is 12.0 Å². The number of aryl methyl sites for hydroxylation is 1. The molecule has 17 heavy (non-hydrogen) atoms. The number of benzene rings is 1. The van der Waals surface area contributed by atoms with Crippen molar-refractivity contribution in [1.29, 1.82) is 0 Å². The number of carboxylic acid groups (broad SMARTS) is 1. The highest BCUT2D eigenvalue weighted by Gasteiger charge is 2.07. The average Bonchev–Trinajstić information content (AvgIpc) is 2.76. The smallest absolute Gasteiger partial charge is 0.335 e. The molecule has 0 aliphatic heterocycles. The van der Waals surface area contributed by atoms with E-state index in [1.54, 1.807) is 24.5 Å². The molecule has 1 heterocycles. The van der Waals surface area contributed by atoms with E-state index in [9.17, 15) is 4.79 Å². The summed E-state index contributed by atoms with van der Waals surface area (Å²) in [5.74, 6) is -0.514. The number of aromatic carboxylic acids is 1. The lowest BCUT2D eigenvalue weighted by Crippen LogP contribution is -1.99. The summed E-state index contributed by atoms with van der Waals surface area (Å²) in [6, 6.07) is 6.77. The van der Waals surface area contributed by atoms with Crippen LogP contribution in [0.25, 0.3) is 0 Å². The minimum absolute atomic E-state index is 0.192. The van der Waals surface area contributed by atoms with E-state index in [0.29, 0.717) is 11.8 Å². The van der Waals surface area contributed by atoms with Gasteiger partial charge in [-0.3, -0.25) is 0 Å². The van der Waals surface area contributed by atoms with Gasteiger partial charge in [0, 0.05) is 18.9 Å². The maximum atomic E-state index is 10.8. The quantitative estimate of drug-likeness (QED) is 0.879. The molecule has 0 unspecified atom stereocenters. The number of rotatable bonds is 4. The summed E-state index contributed by atoms with van der Waals surface area (Å²) in [5.41, 5.74) is 0.192. The Bertz CT molecular complexity index is 534. The molecule has 0 fully saturated rings. The number of aromatic nitrogens is 2. The Morgan fingerprint density at radius 1 is 1.53 bits per heavy atom. The van der Waals surface area contributed by atoms with Crippen LogP contribution in [0.2, 0.25) is 0 Å². The molecule has 2 rings (SSSR count). The van der Waals surface area contributed by atoms with Gasteiger partial charge in [-0.2, -0.15) is 0 Å². The number of carbonyl (C=O) groups is 1. The number of carboxylic acids is 1. The number of imidazole rings is 1. The highest BCUT2D eigenvalue weighted by molar-refractivity contribution is 5.88. The van der Waals surface area contributed by atoms with Gasteiger partial charge in [0.05, 0.1) is 5.56 Å². The second-order valence-electron chi connectivity index (χ2n) is 3.43. The summed E-state index contributed by atoms with van der Waals surface area (Å²) in [5, 5.41) is 8.86. The van der Waals surface area contributed by atoms with Gasteiger partial charge in [-0.05, 0) is 25.1 Å². The monoisotopic (exact) mass is 232 g/mol. The molecule has 0 atom stereocenters. The third-order valence-corrected chi connectivity index (χ3v) is 2.31.